The summed E-state index contributed by atoms with van der Waals surface area (Å²) >= 11 is 0. The van der Waals surface area contributed by atoms with E-state index in [1.807, 2.05) is 24.3 Å². The Kier molecular flexibility index (Phi) is 8.20. The Morgan fingerprint density at radius 3 is 2.14 bits per heavy atom. The topological polar surface area (TPSA) is 9.23 Å². The Bertz CT molecular complexity index is 957. The van der Waals surface area contributed by atoms with Crippen molar-refractivity contribution in [2.45, 2.75) is 58.8 Å². The zero-order valence-corrected chi connectivity index (χ0v) is 17.8. The van der Waals surface area contributed by atoms with Crippen LogP contribution >= 0.6 is 0 Å². The second-order valence-electron chi connectivity index (χ2n) is 7.68. The molecule has 0 unspecified atom stereocenters. The minimum atomic E-state index is 0.797. The third kappa shape index (κ3) is 6.68. The number of hydrogen-bond donors (Lipinski definition) is 0. The van der Waals surface area contributed by atoms with Crippen molar-refractivity contribution in [2.75, 3.05) is 6.61 Å². The van der Waals surface area contributed by atoms with E-state index in [9.17, 15) is 0 Å². The van der Waals surface area contributed by atoms with Crippen molar-refractivity contribution in [1.29, 1.82) is 0 Å². The molecule has 0 radical (unpaired) electrons. The van der Waals surface area contributed by atoms with Crippen molar-refractivity contribution in [2.24, 2.45) is 0 Å². The largest absolute Gasteiger partial charge is 0.494 e. The molecule has 0 aliphatic heterocycles. The van der Waals surface area contributed by atoms with Crippen LogP contribution in [0.25, 0.3) is 10.8 Å². The number of unbranched alkanes of at least 4 members (excludes halogenated alkanes) is 4. The first-order valence-corrected chi connectivity index (χ1v) is 11.1. The third-order valence-electron chi connectivity index (χ3n) is 5.17. The van der Waals surface area contributed by atoms with Gasteiger partial charge in [0.1, 0.15) is 5.75 Å². The lowest BCUT2D eigenvalue weighted by Gasteiger charge is -2.06. The average Bonchev–Trinajstić information content (AvgIpc) is 2.75. The van der Waals surface area contributed by atoms with Crippen molar-refractivity contribution in [3.05, 3.63) is 77.4 Å². The summed E-state index contributed by atoms with van der Waals surface area (Å²) in [6.45, 7) is 5.26. The van der Waals surface area contributed by atoms with Crippen molar-refractivity contribution >= 4 is 10.8 Å². The zero-order valence-electron chi connectivity index (χ0n) is 17.8. The van der Waals surface area contributed by atoms with E-state index in [0.717, 1.165) is 36.3 Å². The van der Waals surface area contributed by atoms with Gasteiger partial charge in [-0.25, -0.2) is 0 Å². The summed E-state index contributed by atoms with van der Waals surface area (Å²) in [5.41, 5.74) is 3.47. The maximum atomic E-state index is 5.83. The van der Waals surface area contributed by atoms with Crippen LogP contribution in [0.1, 0.15) is 69.1 Å². The van der Waals surface area contributed by atoms with E-state index in [0.29, 0.717) is 0 Å². The highest BCUT2D eigenvalue weighted by Gasteiger charge is 1.98. The highest BCUT2D eigenvalue weighted by atomic mass is 16.5. The number of rotatable bonds is 9. The number of benzene rings is 3. The Labute approximate surface area is 176 Å². The predicted molar refractivity (Wildman–Crippen MR) is 125 cm³/mol. The van der Waals surface area contributed by atoms with E-state index < -0.39 is 0 Å². The normalized spacial score (nSPS) is 10.6. The molecule has 0 heterocycles. The molecule has 150 valence electrons. The van der Waals surface area contributed by atoms with Crippen LogP contribution in [-0.2, 0) is 6.42 Å². The number of fused-ring (bicyclic) bond motifs is 1. The van der Waals surface area contributed by atoms with Gasteiger partial charge in [0.25, 0.3) is 0 Å². The van der Waals surface area contributed by atoms with Gasteiger partial charge in [-0.2, -0.15) is 0 Å². The number of aryl methyl sites for hydroxylation is 1. The Balaban J connectivity index is 1.57. The lowest BCUT2D eigenvalue weighted by atomic mass is 10.0. The highest BCUT2D eigenvalue weighted by Crippen LogP contribution is 2.19. The van der Waals surface area contributed by atoms with E-state index in [4.69, 9.17) is 4.74 Å². The second kappa shape index (κ2) is 11.3. The van der Waals surface area contributed by atoms with E-state index >= 15 is 0 Å². The molecule has 0 atom stereocenters. The smallest absolute Gasteiger partial charge is 0.119 e. The molecular formula is C28H32O. The summed E-state index contributed by atoms with van der Waals surface area (Å²) < 4.78 is 5.83. The lowest BCUT2D eigenvalue weighted by molar-refractivity contribution is 0.304. The van der Waals surface area contributed by atoms with Crippen LogP contribution < -0.4 is 4.74 Å². The summed E-state index contributed by atoms with van der Waals surface area (Å²) in [4.78, 5) is 0. The van der Waals surface area contributed by atoms with Crippen LogP contribution in [-0.4, -0.2) is 6.61 Å². The van der Waals surface area contributed by atoms with Gasteiger partial charge in [-0.3, -0.25) is 0 Å². The van der Waals surface area contributed by atoms with Gasteiger partial charge < -0.3 is 4.74 Å². The zero-order chi connectivity index (χ0) is 20.3. The molecule has 0 bridgehead atoms. The molecule has 0 aliphatic carbocycles. The SMILES string of the molecule is CCCCCCCOc1ccc(C#Cc2ccc3cc(CCC)ccc3c2)cc1. The summed E-state index contributed by atoms with van der Waals surface area (Å²) in [7, 11) is 0. The molecule has 0 saturated carbocycles. The van der Waals surface area contributed by atoms with Gasteiger partial charge in [-0.05, 0) is 65.6 Å². The Hall–Kier alpha value is -2.72. The van der Waals surface area contributed by atoms with E-state index in [2.05, 4.69) is 62.1 Å². The molecule has 1 heteroatoms. The van der Waals surface area contributed by atoms with Crippen molar-refractivity contribution in [1.82, 2.24) is 0 Å². The quantitative estimate of drug-likeness (QED) is 0.273. The first-order chi connectivity index (χ1) is 14.3. The maximum absolute atomic E-state index is 5.83. The molecule has 29 heavy (non-hydrogen) atoms. The van der Waals surface area contributed by atoms with Gasteiger partial charge in [0.2, 0.25) is 0 Å². The summed E-state index contributed by atoms with van der Waals surface area (Å²) in [5.74, 6) is 7.49. The fraction of sp³-hybridized carbons (Fsp3) is 0.357. The van der Waals surface area contributed by atoms with Gasteiger partial charge in [-0.1, -0.05) is 82.1 Å². The number of ether oxygens (including phenoxy) is 1. The molecular weight excluding hydrogens is 352 g/mol. The summed E-state index contributed by atoms with van der Waals surface area (Å²) in [5, 5.41) is 2.54. The van der Waals surface area contributed by atoms with Gasteiger partial charge in [0.15, 0.2) is 0 Å². The molecule has 3 aromatic rings. The molecule has 0 saturated heterocycles. The fourth-order valence-corrected chi connectivity index (χ4v) is 3.49. The molecule has 3 aromatic carbocycles. The Morgan fingerprint density at radius 2 is 1.34 bits per heavy atom. The van der Waals surface area contributed by atoms with Gasteiger partial charge in [0.05, 0.1) is 6.61 Å². The van der Waals surface area contributed by atoms with Crippen LogP contribution in [0.4, 0.5) is 0 Å². The molecule has 0 spiro atoms. The maximum Gasteiger partial charge on any atom is 0.119 e. The molecule has 0 aliphatic rings. The van der Waals surface area contributed by atoms with E-state index in [1.54, 1.807) is 0 Å². The first kappa shape index (κ1) is 21.0. The van der Waals surface area contributed by atoms with Gasteiger partial charge in [0, 0.05) is 11.1 Å². The van der Waals surface area contributed by atoms with Crippen LogP contribution in [0.3, 0.4) is 0 Å². The van der Waals surface area contributed by atoms with Crippen LogP contribution in [0.15, 0.2) is 60.7 Å². The molecule has 1 nitrogen and oxygen atoms in total. The molecule has 3 rings (SSSR count). The van der Waals surface area contributed by atoms with Crippen LogP contribution in [0, 0.1) is 11.8 Å². The third-order valence-corrected chi connectivity index (χ3v) is 5.17. The predicted octanol–water partition coefficient (Wildman–Crippen LogP) is 7.54. The minimum absolute atomic E-state index is 0.797. The van der Waals surface area contributed by atoms with Crippen molar-refractivity contribution in [3.63, 3.8) is 0 Å². The first-order valence-electron chi connectivity index (χ1n) is 11.1. The standard InChI is InChI=1S/C28H32O/c1-3-5-6-7-8-20-29-28-18-14-23(15-19-28)10-11-25-13-17-26-21-24(9-4-2)12-16-27(26)22-25/h12-19,21-22H,3-9,20H2,1-2H3. The average molecular weight is 385 g/mol. The van der Waals surface area contributed by atoms with Crippen molar-refractivity contribution in [3.8, 4) is 17.6 Å². The molecule has 0 fully saturated rings. The second-order valence-corrected chi connectivity index (χ2v) is 7.68. The molecule has 0 amide bonds. The fourth-order valence-electron chi connectivity index (χ4n) is 3.49. The highest BCUT2D eigenvalue weighted by molar-refractivity contribution is 5.84. The van der Waals surface area contributed by atoms with E-state index in [1.165, 1.54) is 48.4 Å². The monoisotopic (exact) mass is 384 g/mol. The van der Waals surface area contributed by atoms with Crippen LogP contribution in [0.2, 0.25) is 0 Å². The minimum Gasteiger partial charge on any atom is -0.494 e. The van der Waals surface area contributed by atoms with Crippen LogP contribution in [0.5, 0.6) is 5.75 Å². The van der Waals surface area contributed by atoms with E-state index in [-0.39, 0.29) is 0 Å². The Morgan fingerprint density at radius 1 is 0.655 bits per heavy atom. The lowest BCUT2D eigenvalue weighted by Crippen LogP contribution is -1.97. The molecule has 0 aromatic heterocycles. The molecule has 0 N–H and O–H groups in total. The summed E-state index contributed by atoms with van der Waals surface area (Å²) in [6.07, 6.45) is 8.61. The van der Waals surface area contributed by atoms with Gasteiger partial charge in [-0.15, -0.1) is 0 Å². The van der Waals surface area contributed by atoms with Gasteiger partial charge >= 0.3 is 0 Å². The summed E-state index contributed by atoms with van der Waals surface area (Å²) in [6, 6.07) is 21.3. The van der Waals surface area contributed by atoms with Crippen molar-refractivity contribution < 1.29 is 4.74 Å². The number of hydrogen-bond acceptors (Lipinski definition) is 1.